The summed E-state index contributed by atoms with van der Waals surface area (Å²) in [4.78, 5) is 25.1. The minimum atomic E-state index is -0.177. The predicted octanol–water partition coefficient (Wildman–Crippen LogP) is 3.45. The number of amides is 2. The molecule has 6 heteroatoms. The molecule has 2 aromatic rings. The summed E-state index contributed by atoms with van der Waals surface area (Å²) in [6, 6.07) is 13.9. The molecule has 24 heavy (non-hydrogen) atoms. The summed E-state index contributed by atoms with van der Waals surface area (Å²) in [7, 11) is 1.71. The van der Waals surface area contributed by atoms with Crippen molar-refractivity contribution in [3.8, 4) is 5.75 Å². The fourth-order valence-electron chi connectivity index (χ4n) is 2.09. The maximum Gasteiger partial charge on any atom is 0.253 e. The molecule has 0 aliphatic rings. The first kappa shape index (κ1) is 17.8. The first-order valence-electron chi connectivity index (χ1n) is 7.47. The molecule has 2 aromatic carbocycles. The van der Waals surface area contributed by atoms with Crippen molar-refractivity contribution in [2.75, 3.05) is 25.5 Å². The standard InChI is InChI=1S/C18H19ClN2O3/c1-13(22)20-16-5-3-4-14(12-16)18(23)21(2)10-11-24-17-8-6-15(19)7-9-17/h3-9,12H,10-11H2,1-2H3,(H,20,22). The van der Waals surface area contributed by atoms with Gasteiger partial charge >= 0.3 is 0 Å². The average Bonchev–Trinajstić information content (AvgIpc) is 2.55. The number of hydrogen-bond acceptors (Lipinski definition) is 3. The van der Waals surface area contributed by atoms with Gasteiger partial charge in [-0.25, -0.2) is 0 Å². The van der Waals surface area contributed by atoms with Gasteiger partial charge in [-0.15, -0.1) is 0 Å². The van der Waals surface area contributed by atoms with Gasteiger partial charge in [-0.05, 0) is 42.5 Å². The molecular formula is C18H19ClN2O3. The molecule has 0 saturated carbocycles. The van der Waals surface area contributed by atoms with E-state index in [0.29, 0.717) is 35.2 Å². The number of rotatable bonds is 6. The molecule has 126 valence electrons. The van der Waals surface area contributed by atoms with Crippen LogP contribution in [0.15, 0.2) is 48.5 Å². The molecule has 5 nitrogen and oxygen atoms in total. The molecule has 0 atom stereocenters. The van der Waals surface area contributed by atoms with Gasteiger partial charge in [0.25, 0.3) is 5.91 Å². The van der Waals surface area contributed by atoms with Crippen LogP contribution in [0.1, 0.15) is 17.3 Å². The summed E-state index contributed by atoms with van der Waals surface area (Å²) in [6.45, 7) is 2.23. The highest BCUT2D eigenvalue weighted by molar-refractivity contribution is 6.30. The first-order valence-corrected chi connectivity index (χ1v) is 7.85. The van der Waals surface area contributed by atoms with E-state index in [4.69, 9.17) is 16.3 Å². The molecule has 0 heterocycles. The number of ether oxygens (including phenoxy) is 1. The van der Waals surface area contributed by atoms with E-state index in [1.807, 2.05) is 0 Å². The second kappa shape index (κ2) is 8.36. The Kier molecular flexibility index (Phi) is 6.21. The fourth-order valence-corrected chi connectivity index (χ4v) is 2.21. The van der Waals surface area contributed by atoms with E-state index in [9.17, 15) is 9.59 Å². The van der Waals surface area contributed by atoms with Crippen molar-refractivity contribution in [3.05, 3.63) is 59.1 Å². The maximum absolute atomic E-state index is 12.4. The number of anilines is 1. The molecule has 0 radical (unpaired) electrons. The summed E-state index contributed by atoms with van der Waals surface area (Å²) >= 11 is 5.82. The number of likely N-dealkylation sites (N-methyl/N-ethyl adjacent to an activating group) is 1. The highest BCUT2D eigenvalue weighted by Gasteiger charge is 2.12. The number of nitrogens with one attached hydrogen (secondary N) is 1. The molecule has 2 rings (SSSR count). The topological polar surface area (TPSA) is 58.6 Å². The number of nitrogens with zero attached hydrogens (tertiary/aromatic N) is 1. The molecule has 0 unspecified atom stereocenters. The lowest BCUT2D eigenvalue weighted by atomic mass is 10.1. The van der Waals surface area contributed by atoms with Gasteiger partial charge in [0, 0.05) is 30.2 Å². The quantitative estimate of drug-likeness (QED) is 0.871. The van der Waals surface area contributed by atoms with E-state index >= 15 is 0 Å². The highest BCUT2D eigenvalue weighted by Crippen LogP contribution is 2.16. The van der Waals surface area contributed by atoms with Crippen molar-refractivity contribution < 1.29 is 14.3 Å². The number of halogens is 1. The maximum atomic E-state index is 12.4. The molecule has 0 fully saturated rings. The van der Waals surface area contributed by atoms with E-state index in [0.717, 1.165) is 0 Å². The lowest BCUT2D eigenvalue weighted by molar-refractivity contribution is -0.114. The molecule has 0 aromatic heterocycles. The van der Waals surface area contributed by atoms with E-state index < -0.39 is 0 Å². The Morgan fingerprint density at radius 1 is 1.17 bits per heavy atom. The van der Waals surface area contributed by atoms with E-state index in [1.54, 1.807) is 60.5 Å². The van der Waals surface area contributed by atoms with Crippen molar-refractivity contribution in [1.29, 1.82) is 0 Å². The SMILES string of the molecule is CC(=O)Nc1cccc(C(=O)N(C)CCOc2ccc(Cl)cc2)c1. The van der Waals surface area contributed by atoms with Gasteiger partial charge in [0.1, 0.15) is 12.4 Å². The molecule has 0 bridgehead atoms. The molecule has 0 aliphatic heterocycles. The van der Waals surface area contributed by atoms with E-state index in [1.165, 1.54) is 6.92 Å². The molecule has 0 saturated heterocycles. The van der Waals surface area contributed by atoms with Gasteiger partial charge in [-0.3, -0.25) is 9.59 Å². The molecule has 0 aliphatic carbocycles. The van der Waals surface area contributed by atoms with Crippen molar-refractivity contribution in [2.45, 2.75) is 6.92 Å². The van der Waals surface area contributed by atoms with Gasteiger partial charge in [0.15, 0.2) is 0 Å². The normalized spacial score (nSPS) is 10.1. The second-order valence-corrected chi connectivity index (χ2v) is 5.73. The Morgan fingerprint density at radius 2 is 1.88 bits per heavy atom. The van der Waals surface area contributed by atoms with Crippen LogP contribution in [0, 0.1) is 0 Å². The van der Waals surface area contributed by atoms with Crippen LogP contribution in [0.2, 0.25) is 5.02 Å². The zero-order chi connectivity index (χ0) is 17.5. The van der Waals surface area contributed by atoms with Crippen molar-refractivity contribution >= 4 is 29.1 Å². The van der Waals surface area contributed by atoms with Gasteiger partial charge in [-0.2, -0.15) is 0 Å². The minimum Gasteiger partial charge on any atom is -0.492 e. The molecular weight excluding hydrogens is 328 g/mol. The van der Waals surface area contributed by atoms with Gasteiger partial charge in [0.05, 0.1) is 6.54 Å². The lowest BCUT2D eigenvalue weighted by Gasteiger charge is -2.18. The number of carbonyl (C=O) groups excluding carboxylic acids is 2. The summed E-state index contributed by atoms with van der Waals surface area (Å²) < 4.78 is 5.58. The van der Waals surface area contributed by atoms with Crippen molar-refractivity contribution in [2.24, 2.45) is 0 Å². The Bertz CT molecular complexity index is 716. The number of hydrogen-bond donors (Lipinski definition) is 1. The predicted molar refractivity (Wildman–Crippen MR) is 94.7 cm³/mol. The summed E-state index contributed by atoms with van der Waals surface area (Å²) in [5, 5.41) is 3.31. The molecule has 0 spiro atoms. The summed E-state index contributed by atoms with van der Waals surface area (Å²) in [5.41, 5.74) is 1.11. The van der Waals surface area contributed by atoms with Crippen LogP contribution in [0.5, 0.6) is 5.75 Å². The van der Waals surface area contributed by atoms with E-state index in [-0.39, 0.29) is 11.8 Å². The van der Waals surface area contributed by atoms with Gasteiger partial charge in [-0.1, -0.05) is 17.7 Å². The third kappa shape index (κ3) is 5.28. The van der Waals surface area contributed by atoms with Crippen LogP contribution < -0.4 is 10.1 Å². The van der Waals surface area contributed by atoms with Gasteiger partial charge < -0.3 is 15.0 Å². The summed E-state index contributed by atoms with van der Waals surface area (Å²) in [5.74, 6) is 0.388. The fraction of sp³-hybridized carbons (Fsp3) is 0.222. The first-order chi connectivity index (χ1) is 11.5. The Balaban J connectivity index is 1.89. The molecule has 1 N–H and O–H groups in total. The smallest absolute Gasteiger partial charge is 0.253 e. The van der Waals surface area contributed by atoms with Crippen LogP contribution in [0.3, 0.4) is 0 Å². The lowest BCUT2D eigenvalue weighted by Crippen LogP contribution is -2.30. The Morgan fingerprint density at radius 3 is 2.54 bits per heavy atom. The third-order valence-electron chi connectivity index (χ3n) is 3.29. The van der Waals surface area contributed by atoms with Crippen molar-refractivity contribution in [3.63, 3.8) is 0 Å². The van der Waals surface area contributed by atoms with Crippen LogP contribution in [0.4, 0.5) is 5.69 Å². The monoisotopic (exact) mass is 346 g/mol. The van der Waals surface area contributed by atoms with Crippen LogP contribution in [-0.4, -0.2) is 36.9 Å². The highest BCUT2D eigenvalue weighted by atomic mass is 35.5. The van der Waals surface area contributed by atoms with Gasteiger partial charge in [0.2, 0.25) is 5.91 Å². The van der Waals surface area contributed by atoms with Crippen molar-refractivity contribution in [1.82, 2.24) is 4.90 Å². The molecule has 2 amide bonds. The number of carbonyl (C=O) groups is 2. The number of benzene rings is 2. The third-order valence-corrected chi connectivity index (χ3v) is 3.54. The average molecular weight is 347 g/mol. The second-order valence-electron chi connectivity index (χ2n) is 5.29. The Labute approximate surface area is 146 Å². The van der Waals surface area contributed by atoms with Crippen LogP contribution in [-0.2, 0) is 4.79 Å². The van der Waals surface area contributed by atoms with E-state index in [2.05, 4.69) is 5.32 Å². The summed E-state index contributed by atoms with van der Waals surface area (Å²) in [6.07, 6.45) is 0. The van der Waals surface area contributed by atoms with Crippen LogP contribution >= 0.6 is 11.6 Å². The minimum absolute atomic E-state index is 0.137. The zero-order valence-corrected chi connectivity index (χ0v) is 14.3. The van der Waals surface area contributed by atoms with Crippen LogP contribution in [0.25, 0.3) is 0 Å². The largest absolute Gasteiger partial charge is 0.492 e. The Hall–Kier alpha value is -2.53. The zero-order valence-electron chi connectivity index (χ0n) is 13.6.